The summed E-state index contributed by atoms with van der Waals surface area (Å²) in [6.07, 6.45) is 1.16. The van der Waals surface area contributed by atoms with Gasteiger partial charge in [0.05, 0.1) is 16.7 Å². The van der Waals surface area contributed by atoms with Crippen LogP contribution in [-0.2, 0) is 0 Å². The maximum Gasteiger partial charge on any atom is 0.0900 e. The van der Waals surface area contributed by atoms with E-state index in [4.69, 9.17) is 10.7 Å². The zero-order chi connectivity index (χ0) is 14.6. The maximum atomic E-state index is 5.88. The van der Waals surface area contributed by atoms with Crippen LogP contribution >= 0.6 is 11.3 Å². The van der Waals surface area contributed by atoms with Gasteiger partial charge in [0.1, 0.15) is 0 Å². The molecule has 1 rings (SSSR count). The van der Waals surface area contributed by atoms with Crippen molar-refractivity contribution in [3.8, 4) is 0 Å². The smallest absolute Gasteiger partial charge is 0.0900 e. The molecule has 4 heteroatoms. The fourth-order valence-corrected chi connectivity index (χ4v) is 3.32. The summed E-state index contributed by atoms with van der Waals surface area (Å²) in [6, 6.07) is 0.371. The first-order valence-electron chi connectivity index (χ1n) is 7.18. The van der Waals surface area contributed by atoms with Crippen LogP contribution < -0.4 is 5.73 Å². The highest BCUT2D eigenvalue weighted by molar-refractivity contribution is 7.11. The fraction of sp³-hybridized carbons (Fsp3) is 0.800. The molecule has 0 aliphatic heterocycles. The topological polar surface area (TPSA) is 42.1 Å². The van der Waals surface area contributed by atoms with Gasteiger partial charge in [0, 0.05) is 11.4 Å². The molecule has 1 heterocycles. The van der Waals surface area contributed by atoms with Crippen LogP contribution in [0.2, 0.25) is 0 Å². The Morgan fingerprint density at radius 2 is 2.00 bits per heavy atom. The van der Waals surface area contributed by atoms with Crippen molar-refractivity contribution in [3.63, 3.8) is 0 Å². The molecule has 1 atom stereocenters. The minimum absolute atomic E-state index is 0.155. The first-order chi connectivity index (χ1) is 8.80. The Labute approximate surface area is 122 Å². The molecule has 1 unspecified atom stereocenters. The molecule has 110 valence electrons. The van der Waals surface area contributed by atoms with Crippen molar-refractivity contribution in [2.24, 2.45) is 11.1 Å². The molecule has 0 aromatic carbocycles. The van der Waals surface area contributed by atoms with Crippen molar-refractivity contribution in [1.82, 2.24) is 9.88 Å². The normalized spacial score (nSPS) is 14.1. The molecule has 19 heavy (non-hydrogen) atoms. The minimum atomic E-state index is 0.155. The lowest BCUT2D eigenvalue weighted by Gasteiger charge is -2.35. The van der Waals surface area contributed by atoms with Crippen LogP contribution in [0.5, 0.6) is 0 Å². The number of hydrogen-bond acceptors (Lipinski definition) is 4. The molecule has 3 nitrogen and oxygen atoms in total. The average Bonchev–Trinajstić information content (AvgIpc) is 2.67. The van der Waals surface area contributed by atoms with Crippen LogP contribution in [-0.4, -0.2) is 29.5 Å². The van der Waals surface area contributed by atoms with Gasteiger partial charge >= 0.3 is 0 Å². The summed E-state index contributed by atoms with van der Waals surface area (Å²) in [4.78, 5) is 8.58. The molecule has 0 fully saturated rings. The van der Waals surface area contributed by atoms with Gasteiger partial charge in [-0.05, 0) is 45.7 Å². The van der Waals surface area contributed by atoms with Gasteiger partial charge in [-0.3, -0.25) is 4.90 Å². The summed E-state index contributed by atoms with van der Waals surface area (Å²) in [5.41, 5.74) is 7.28. The number of aromatic nitrogens is 1. The highest BCUT2D eigenvalue weighted by Gasteiger charge is 2.26. The summed E-state index contributed by atoms with van der Waals surface area (Å²) < 4.78 is 0. The Bertz CT molecular complexity index is 398. The number of thiazole rings is 1. The third kappa shape index (κ3) is 4.55. The highest BCUT2D eigenvalue weighted by atomic mass is 32.1. The second-order valence-corrected chi connectivity index (χ2v) is 7.60. The second-order valence-electron chi connectivity index (χ2n) is 6.19. The largest absolute Gasteiger partial charge is 0.330 e. The molecular weight excluding hydrogens is 254 g/mol. The van der Waals surface area contributed by atoms with Gasteiger partial charge in [0.15, 0.2) is 0 Å². The maximum absolute atomic E-state index is 5.88. The average molecular weight is 283 g/mol. The third-order valence-corrected chi connectivity index (χ3v) is 4.48. The van der Waals surface area contributed by atoms with Crippen LogP contribution in [0.3, 0.4) is 0 Å². The molecule has 1 aromatic heterocycles. The number of nitrogens with zero attached hydrogens (tertiary/aromatic N) is 2. The van der Waals surface area contributed by atoms with E-state index in [2.05, 4.69) is 46.4 Å². The van der Waals surface area contributed by atoms with Gasteiger partial charge < -0.3 is 5.73 Å². The van der Waals surface area contributed by atoms with E-state index in [1.165, 1.54) is 10.6 Å². The van der Waals surface area contributed by atoms with Gasteiger partial charge in [-0.15, -0.1) is 11.3 Å². The zero-order valence-electron chi connectivity index (χ0n) is 13.3. The first kappa shape index (κ1) is 16.6. The minimum Gasteiger partial charge on any atom is -0.330 e. The lowest BCUT2D eigenvalue weighted by Crippen LogP contribution is -2.40. The summed E-state index contributed by atoms with van der Waals surface area (Å²) in [5.74, 6) is 0. The monoisotopic (exact) mass is 283 g/mol. The van der Waals surface area contributed by atoms with Gasteiger partial charge in [-0.25, -0.2) is 4.98 Å². The van der Waals surface area contributed by atoms with Crippen molar-refractivity contribution in [1.29, 1.82) is 0 Å². The van der Waals surface area contributed by atoms with Gasteiger partial charge in [0.2, 0.25) is 0 Å². The van der Waals surface area contributed by atoms with E-state index in [1.807, 2.05) is 0 Å². The predicted molar refractivity (Wildman–Crippen MR) is 84.7 cm³/mol. The Balaban J connectivity index is 2.89. The molecule has 0 aliphatic carbocycles. The fourth-order valence-electron chi connectivity index (χ4n) is 2.42. The molecular formula is C15H29N3S. The van der Waals surface area contributed by atoms with Gasteiger partial charge in [-0.2, -0.15) is 0 Å². The number of aryl methyl sites for hydroxylation is 2. The molecule has 0 saturated heterocycles. The highest BCUT2D eigenvalue weighted by Crippen LogP contribution is 2.29. The van der Waals surface area contributed by atoms with Gasteiger partial charge in [-0.1, -0.05) is 20.8 Å². The Morgan fingerprint density at radius 3 is 2.42 bits per heavy atom. The van der Waals surface area contributed by atoms with Crippen molar-refractivity contribution < 1.29 is 0 Å². The number of nitrogens with two attached hydrogens (primary N) is 1. The Morgan fingerprint density at radius 1 is 1.37 bits per heavy atom. The molecule has 0 saturated carbocycles. The van der Waals surface area contributed by atoms with E-state index in [1.54, 1.807) is 11.3 Å². The van der Waals surface area contributed by atoms with Crippen molar-refractivity contribution in [2.75, 3.05) is 19.6 Å². The van der Waals surface area contributed by atoms with E-state index in [0.29, 0.717) is 6.04 Å². The van der Waals surface area contributed by atoms with Crippen LogP contribution in [0.4, 0.5) is 0 Å². The van der Waals surface area contributed by atoms with Crippen LogP contribution in [0.25, 0.3) is 0 Å². The van der Waals surface area contributed by atoms with Crippen LogP contribution in [0, 0.1) is 19.3 Å². The van der Waals surface area contributed by atoms with Crippen molar-refractivity contribution in [2.45, 2.75) is 54.0 Å². The molecule has 2 N–H and O–H groups in total. The standard InChI is InChI=1S/C15H29N3S/c1-7-8-18(10-15(5,6)9-16)11(2)14-12(3)19-13(4)17-14/h11H,7-10,16H2,1-6H3. The molecule has 0 spiro atoms. The molecule has 0 aliphatic rings. The molecule has 1 aromatic rings. The summed E-state index contributed by atoms with van der Waals surface area (Å²) in [6.45, 7) is 16.1. The quantitative estimate of drug-likeness (QED) is 0.832. The van der Waals surface area contributed by atoms with Crippen molar-refractivity contribution >= 4 is 11.3 Å². The zero-order valence-corrected chi connectivity index (χ0v) is 14.1. The molecule has 0 bridgehead atoms. The lowest BCUT2D eigenvalue weighted by atomic mass is 9.92. The van der Waals surface area contributed by atoms with Crippen LogP contribution in [0.1, 0.15) is 55.7 Å². The molecule has 0 amide bonds. The van der Waals surface area contributed by atoms with E-state index in [0.717, 1.165) is 31.1 Å². The van der Waals surface area contributed by atoms with E-state index < -0.39 is 0 Å². The van der Waals surface area contributed by atoms with Crippen LogP contribution in [0.15, 0.2) is 0 Å². The summed E-state index contributed by atoms with van der Waals surface area (Å²) in [7, 11) is 0. The Kier molecular flexibility index (Phi) is 5.96. The lowest BCUT2D eigenvalue weighted by molar-refractivity contribution is 0.138. The van der Waals surface area contributed by atoms with Crippen molar-refractivity contribution in [3.05, 3.63) is 15.6 Å². The summed E-state index contributed by atoms with van der Waals surface area (Å²) >= 11 is 1.79. The second kappa shape index (κ2) is 6.82. The summed E-state index contributed by atoms with van der Waals surface area (Å²) in [5, 5.41) is 1.16. The van der Waals surface area contributed by atoms with E-state index in [9.17, 15) is 0 Å². The molecule has 0 radical (unpaired) electrons. The SMILES string of the molecule is CCCN(CC(C)(C)CN)C(C)c1nc(C)sc1C. The number of rotatable bonds is 7. The van der Waals surface area contributed by atoms with Gasteiger partial charge in [0.25, 0.3) is 0 Å². The van der Waals surface area contributed by atoms with E-state index >= 15 is 0 Å². The first-order valence-corrected chi connectivity index (χ1v) is 8.00. The Hall–Kier alpha value is -0.450. The van der Waals surface area contributed by atoms with E-state index in [-0.39, 0.29) is 5.41 Å². The third-order valence-electron chi connectivity index (χ3n) is 3.58. The predicted octanol–water partition coefficient (Wildman–Crippen LogP) is 3.52. The number of hydrogen-bond donors (Lipinski definition) is 1.